The van der Waals surface area contributed by atoms with Crippen LogP contribution < -0.4 is 15.6 Å². The Hall–Kier alpha value is -3.94. The van der Waals surface area contributed by atoms with Gasteiger partial charge >= 0.3 is 0 Å². The van der Waals surface area contributed by atoms with Crippen molar-refractivity contribution < 1.29 is 9.53 Å². The number of carbonyl (C=O) groups is 1. The molecule has 29 heavy (non-hydrogen) atoms. The van der Waals surface area contributed by atoms with Crippen molar-refractivity contribution >= 4 is 22.6 Å². The van der Waals surface area contributed by atoms with E-state index in [1.54, 1.807) is 42.1 Å². The first-order valence-corrected chi connectivity index (χ1v) is 9.07. The number of rotatable bonds is 6. The third kappa shape index (κ3) is 3.86. The quantitative estimate of drug-likeness (QED) is 0.528. The lowest BCUT2D eigenvalue weighted by Crippen LogP contribution is -2.24. The Morgan fingerprint density at radius 1 is 1.14 bits per heavy atom. The van der Waals surface area contributed by atoms with Crippen LogP contribution in [0.4, 0.5) is 5.95 Å². The summed E-state index contributed by atoms with van der Waals surface area (Å²) < 4.78 is 6.74. The van der Waals surface area contributed by atoms with Gasteiger partial charge in [-0.2, -0.15) is 10.1 Å². The number of fused-ring (bicyclic) bond motifs is 1. The lowest BCUT2D eigenvalue weighted by atomic mass is 10.1. The van der Waals surface area contributed by atoms with Crippen LogP contribution in [-0.2, 0) is 13.0 Å². The van der Waals surface area contributed by atoms with Gasteiger partial charge in [0.2, 0.25) is 5.95 Å². The van der Waals surface area contributed by atoms with E-state index >= 15 is 0 Å². The summed E-state index contributed by atoms with van der Waals surface area (Å²) in [5, 5.41) is 10.1. The Morgan fingerprint density at radius 3 is 2.59 bits per heavy atom. The van der Waals surface area contributed by atoms with Gasteiger partial charge in [0.15, 0.2) is 0 Å². The van der Waals surface area contributed by atoms with Crippen LogP contribution in [0, 0.1) is 0 Å². The molecule has 0 fully saturated rings. The summed E-state index contributed by atoms with van der Waals surface area (Å²) in [6.07, 6.45) is 3.55. The van der Waals surface area contributed by atoms with Crippen molar-refractivity contribution in [2.45, 2.75) is 13.0 Å². The molecular weight excluding hydrogens is 370 g/mol. The number of aryl methyl sites for hydroxylation is 2. The number of hydrogen-bond donors (Lipinski definition) is 2. The average Bonchev–Trinajstić information content (AvgIpc) is 3.26. The number of pyridine rings is 1. The molecule has 8 heteroatoms. The number of ether oxygens (including phenoxy) is 1. The summed E-state index contributed by atoms with van der Waals surface area (Å²) in [4.78, 5) is 29.6. The maximum absolute atomic E-state index is 12.9. The van der Waals surface area contributed by atoms with E-state index in [4.69, 9.17) is 4.74 Å². The van der Waals surface area contributed by atoms with Gasteiger partial charge in [0, 0.05) is 23.5 Å². The maximum atomic E-state index is 12.9. The summed E-state index contributed by atoms with van der Waals surface area (Å²) in [5.74, 6) is 0.661. The molecule has 0 saturated heterocycles. The monoisotopic (exact) mass is 389 g/mol. The molecule has 0 aliphatic carbocycles. The molecule has 4 rings (SSSR count). The van der Waals surface area contributed by atoms with Gasteiger partial charge < -0.3 is 9.30 Å². The van der Waals surface area contributed by atoms with Crippen molar-refractivity contribution in [1.82, 2.24) is 19.7 Å². The average molecular weight is 389 g/mol. The molecule has 2 heterocycles. The Bertz CT molecular complexity index is 1200. The molecule has 0 saturated carbocycles. The molecule has 0 bridgehead atoms. The highest BCUT2D eigenvalue weighted by Gasteiger charge is 2.15. The Balaban J connectivity index is 1.67. The number of nitrogens with zero attached hydrogens (tertiary/aromatic N) is 3. The smallest absolute Gasteiger partial charge is 0.260 e. The number of hydrogen-bond acceptors (Lipinski definition) is 5. The lowest BCUT2D eigenvalue weighted by molar-refractivity contribution is 0.102. The molecule has 146 valence electrons. The van der Waals surface area contributed by atoms with Gasteiger partial charge in [-0.05, 0) is 30.2 Å². The van der Waals surface area contributed by atoms with Crippen LogP contribution in [0.5, 0.6) is 5.75 Å². The van der Waals surface area contributed by atoms with Crippen LogP contribution in [-0.4, -0.2) is 32.8 Å². The van der Waals surface area contributed by atoms with E-state index < -0.39 is 0 Å². The van der Waals surface area contributed by atoms with Crippen LogP contribution >= 0.6 is 0 Å². The van der Waals surface area contributed by atoms with Crippen molar-refractivity contribution in [3.63, 3.8) is 0 Å². The Labute approximate surface area is 166 Å². The fourth-order valence-corrected chi connectivity index (χ4v) is 3.17. The molecule has 0 unspecified atom stereocenters. The highest BCUT2D eigenvalue weighted by atomic mass is 16.5. The number of nitrogens with one attached hydrogen (secondary N) is 2. The zero-order valence-electron chi connectivity index (χ0n) is 15.8. The molecule has 0 radical (unpaired) electrons. The van der Waals surface area contributed by atoms with Crippen LogP contribution in [0.3, 0.4) is 0 Å². The Kier molecular flexibility index (Phi) is 5.07. The topological polar surface area (TPSA) is 102 Å². The SMILES string of the molecule is COc1ccc(CCn2cc(C(=O)Nc3ncn[nH]3)c3ccccc3c2=O)cc1. The number of carbonyl (C=O) groups excluding carboxylic acids is 1. The highest BCUT2D eigenvalue weighted by molar-refractivity contribution is 6.12. The zero-order chi connectivity index (χ0) is 20.2. The second-order valence-corrected chi connectivity index (χ2v) is 6.47. The lowest BCUT2D eigenvalue weighted by Gasteiger charge is -2.12. The molecule has 2 N–H and O–H groups in total. The number of H-pyrrole nitrogens is 1. The highest BCUT2D eigenvalue weighted by Crippen LogP contribution is 2.17. The van der Waals surface area contributed by atoms with Crippen molar-refractivity contribution in [3.05, 3.63) is 82.5 Å². The number of benzene rings is 2. The third-order valence-electron chi connectivity index (χ3n) is 4.69. The van der Waals surface area contributed by atoms with Crippen LogP contribution in [0.15, 0.2) is 65.8 Å². The third-order valence-corrected chi connectivity index (χ3v) is 4.69. The summed E-state index contributed by atoms with van der Waals surface area (Å²) in [6.45, 7) is 0.443. The largest absolute Gasteiger partial charge is 0.497 e. The molecule has 4 aromatic rings. The van der Waals surface area contributed by atoms with Crippen molar-refractivity contribution in [2.75, 3.05) is 12.4 Å². The molecule has 0 aliphatic heterocycles. The van der Waals surface area contributed by atoms with Gasteiger partial charge in [0.25, 0.3) is 11.5 Å². The number of aromatic nitrogens is 4. The normalized spacial score (nSPS) is 10.8. The fraction of sp³-hybridized carbons (Fsp3) is 0.143. The van der Waals surface area contributed by atoms with Crippen molar-refractivity contribution in [1.29, 1.82) is 0 Å². The van der Waals surface area contributed by atoms with Crippen molar-refractivity contribution in [2.24, 2.45) is 0 Å². The molecule has 0 aliphatic rings. The summed E-state index contributed by atoms with van der Waals surface area (Å²) in [5.41, 5.74) is 1.33. The van der Waals surface area contributed by atoms with Crippen LogP contribution in [0.2, 0.25) is 0 Å². The zero-order valence-corrected chi connectivity index (χ0v) is 15.8. The van der Waals surface area contributed by atoms with E-state index in [9.17, 15) is 9.59 Å². The molecule has 0 atom stereocenters. The first-order valence-electron chi connectivity index (χ1n) is 9.07. The minimum Gasteiger partial charge on any atom is -0.497 e. The molecule has 1 amide bonds. The van der Waals surface area contributed by atoms with Gasteiger partial charge in [-0.3, -0.25) is 14.9 Å². The van der Waals surface area contributed by atoms with E-state index in [1.807, 2.05) is 24.3 Å². The van der Waals surface area contributed by atoms with E-state index in [0.717, 1.165) is 11.3 Å². The molecule has 2 aromatic heterocycles. The molecule has 8 nitrogen and oxygen atoms in total. The van der Waals surface area contributed by atoms with Gasteiger partial charge in [-0.15, -0.1) is 0 Å². The predicted molar refractivity (Wildman–Crippen MR) is 109 cm³/mol. The first kappa shape index (κ1) is 18.4. The summed E-state index contributed by atoms with van der Waals surface area (Å²) >= 11 is 0. The molecular formula is C21H19N5O3. The molecule has 2 aromatic carbocycles. The van der Waals surface area contributed by atoms with Gasteiger partial charge in [-0.25, -0.2) is 5.10 Å². The second kappa shape index (κ2) is 7.97. The van der Waals surface area contributed by atoms with Crippen LogP contribution in [0.25, 0.3) is 10.8 Å². The van der Waals surface area contributed by atoms with Crippen LogP contribution in [0.1, 0.15) is 15.9 Å². The van der Waals surface area contributed by atoms with E-state index in [-0.39, 0.29) is 17.4 Å². The fourth-order valence-electron chi connectivity index (χ4n) is 3.17. The predicted octanol–water partition coefficient (Wildman–Crippen LogP) is 2.62. The van der Waals surface area contributed by atoms with Gasteiger partial charge in [0.05, 0.1) is 12.7 Å². The second-order valence-electron chi connectivity index (χ2n) is 6.47. The van der Waals surface area contributed by atoms with Gasteiger partial charge in [-0.1, -0.05) is 30.3 Å². The van der Waals surface area contributed by atoms with E-state index in [1.165, 1.54) is 6.33 Å². The maximum Gasteiger partial charge on any atom is 0.260 e. The standard InChI is InChI=1S/C21H19N5O3/c1-29-15-8-6-14(7-9-15)10-11-26-12-18(19(27)24-21-22-13-23-25-21)16-4-2-3-5-17(16)20(26)28/h2-9,12-13H,10-11H2,1H3,(H2,22,23,24,25,27). The van der Waals surface area contributed by atoms with Crippen molar-refractivity contribution in [3.8, 4) is 5.75 Å². The number of aromatic amines is 1. The minimum absolute atomic E-state index is 0.134. The van der Waals surface area contributed by atoms with E-state index in [2.05, 4.69) is 20.5 Å². The number of amides is 1. The van der Waals surface area contributed by atoms with E-state index in [0.29, 0.717) is 29.3 Å². The Morgan fingerprint density at radius 2 is 1.90 bits per heavy atom. The number of anilines is 1. The summed E-state index contributed by atoms with van der Waals surface area (Å²) in [7, 11) is 1.62. The van der Waals surface area contributed by atoms with Gasteiger partial charge in [0.1, 0.15) is 12.1 Å². The molecule has 0 spiro atoms. The number of methoxy groups -OCH3 is 1. The first-order chi connectivity index (χ1) is 14.2. The summed E-state index contributed by atoms with van der Waals surface area (Å²) in [6, 6.07) is 14.8. The minimum atomic E-state index is -0.365.